The van der Waals surface area contributed by atoms with E-state index in [0.29, 0.717) is 6.54 Å². The van der Waals surface area contributed by atoms with Crippen LogP contribution >= 0.6 is 0 Å². The highest BCUT2D eigenvalue weighted by molar-refractivity contribution is 5.31. The molecule has 16 heavy (non-hydrogen) atoms. The summed E-state index contributed by atoms with van der Waals surface area (Å²) in [5, 5.41) is 0. The number of rotatable bonds is 4. The fourth-order valence-electron chi connectivity index (χ4n) is 1.42. The van der Waals surface area contributed by atoms with Gasteiger partial charge in [-0.05, 0) is 18.4 Å². The number of hydrogen-bond donors (Lipinski definition) is 1. The molecule has 1 rings (SSSR count). The van der Waals surface area contributed by atoms with E-state index in [4.69, 9.17) is 10.5 Å². The molecular weight excluding hydrogens is 212 g/mol. The van der Waals surface area contributed by atoms with Gasteiger partial charge in [0.05, 0.1) is 7.11 Å². The third-order valence-corrected chi connectivity index (χ3v) is 2.56. The first kappa shape index (κ1) is 12.9. The number of methoxy groups -OCH3 is 1. The van der Waals surface area contributed by atoms with E-state index in [9.17, 15) is 8.78 Å². The van der Waals surface area contributed by atoms with E-state index in [-0.39, 0.29) is 23.1 Å². The highest BCUT2D eigenvalue weighted by Gasteiger charge is 2.21. The first-order valence-corrected chi connectivity index (χ1v) is 5.11. The van der Waals surface area contributed by atoms with Gasteiger partial charge < -0.3 is 10.5 Å². The lowest BCUT2D eigenvalue weighted by atomic mass is 9.85. The van der Waals surface area contributed by atoms with Crippen LogP contribution in [0.25, 0.3) is 0 Å². The third kappa shape index (κ3) is 2.92. The van der Waals surface area contributed by atoms with Crippen molar-refractivity contribution in [2.45, 2.75) is 20.3 Å². The SMILES string of the molecule is COc1cc(F)c(CC(C)(C)CN)c(F)c1. The van der Waals surface area contributed by atoms with Crippen molar-refractivity contribution in [2.75, 3.05) is 13.7 Å². The zero-order chi connectivity index (χ0) is 12.3. The fraction of sp³-hybridized carbons (Fsp3) is 0.500. The molecule has 0 aliphatic heterocycles. The second-order valence-corrected chi connectivity index (χ2v) is 4.61. The van der Waals surface area contributed by atoms with Gasteiger partial charge in [0, 0.05) is 17.7 Å². The Morgan fingerprint density at radius 1 is 1.25 bits per heavy atom. The summed E-state index contributed by atoms with van der Waals surface area (Å²) in [4.78, 5) is 0. The van der Waals surface area contributed by atoms with E-state index in [1.165, 1.54) is 19.2 Å². The van der Waals surface area contributed by atoms with E-state index in [1.807, 2.05) is 13.8 Å². The van der Waals surface area contributed by atoms with Gasteiger partial charge in [-0.15, -0.1) is 0 Å². The van der Waals surface area contributed by atoms with Crippen molar-refractivity contribution in [3.05, 3.63) is 29.3 Å². The molecule has 0 heterocycles. The van der Waals surface area contributed by atoms with Crippen molar-refractivity contribution in [3.8, 4) is 5.75 Å². The summed E-state index contributed by atoms with van der Waals surface area (Å²) in [5.74, 6) is -0.985. The van der Waals surface area contributed by atoms with E-state index < -0.39 is 11.6 Å². The molecule has 0 spiro atoms. The quantitative estimate of drug-likeness (QED) is 0.861. The number of hydrogen-bond acceptors (Lipinski definition) is 2. The maximum atomic E-state index is 13.6. The van der Waals surface area contributed by atoms with Crippen LogP contribution in [0.5, 0.6) is 5.75 Å². The lowest BCUT2D eigenvalue weighted by Gasteiger charge is -2.23. The van der Waals surface area contributed by atoms with E-state index in [2.05, 4.69) is 0 Å². The molecule has 0 aliphatic rings. The summed E-state index contributed by atoms with van der Waals surface area (Å²) in [7, 11) is 1.37. The summed E-state index contributed by atoms with van der Waals surface area (Å²) in [6, 6.07) is 2.37. The standard InChI is InChI=1S/C12H17F2NO/c1-12(2,7-15)6-9-10(13)4-8(16-3)5-11(9)14/h4-5H,6-7,15H2,1-3H3. The van der Waals surface area contributed by atoms with Gasteiger partial charge in [-0.25, -0.2) is 8.78 Å². The van der Waals surface area contributed by atoms with Crippen molar-refractivity contribution in [3.63, 3.8) is 0 Å². The highest BCUT2D eigenvalue weighted by Crippen LogP contribution is 2.27. The van der Waals surface area contributed by atoms with Crippen LogP contribution in [0, 0.1) is 17.0 Å². The molecule has 0 amide bonds. The number of ether oxygens (including phenoxy) is 1. The average molecular weight is 229 g/mol. The molecule has 4 heteroatoms. The Balaban J connectivity index is 3.06. The van der Waals surface area contributed by atoms with Gasteiger partial charge >= 0.3 is 0 Å². The molecule has 2 N–H and O–H groups in total. The maximum absolute atomic E-state index is 13.6. The van der Waals surface area contributed by atoms with Crippen molar-refractivity contribution in [2.24, 2.45) is 11.1 Å². The van der Waals surface area contributed by atoms with Crippen LogP contribution in [-0.4, -0.2) is 13.7 Å². The van der Waals surface area contributed by atoms with Gasteiger partial charge in [0.1, 0.15) is 17.4 Å². The number of nitrogens with two attached hydrogens (primary N) is 1. The summed E-state index contributed by atoms with van der Waals surface area (Å²) >= 11 is 0. The van der Waals surface area contributed by atoms with Crippen LogP contribution in [0.15, 0.2) is 12.1 Å². The van der Waals surface area contributed by atoms with Crippen LogP contribution in [0.3, 0.4) is 0 Å². The van der Waals surface area contributed by atoms with Crippen molar-refractivity contribution >= 4 is 0 Å². The Morgan fingerprint density at radius 3 is 2.12 bits per heavy atom. The van der Waals surface area contributed by atoms with Gasteiger partial charge in [0.15, 0.2) is 0 Å². The van der Waals surface area contributed by atoms with Gasteiger partial charge in [0.25, 0.3) is 0 Å². The van der Waals surface area contributed by atoms with Gasteiger partial charge in [-0.3, -0.25) is 0 Å². The Labute approximate surface area is 94.4 Å². The summed E-state index contributed by atoms with van der Waals surface area (Å²) in [6.45, 7) is 4.12. The molecule has 0 atom stereocenters. The smallest absolute Gasteiger partial charge is 0.133 e. The highest BCUT2D eigenvalue weighted by atomic mass is 19.1. The second-order valence-electron chi connectivity index (χ2n) is 4.61. The summed E-state index contributed by atoms with van der Waals surface area (Å²) < 4.78 is 32.0. The summed E-state index contributed by atoms with van der Waals surface area (Å²) in [6.07, 6.45) is 0.269. The molecule has 2 nitrogen and oxygen atoms in total. The van der Waals surface area contributed by atoms with E-state index in [0.717, 1.165) is 0 Å². The predicted octanol–water partition coefficient (Wildman–Crippen LogP) is 2.50. The normalized spacial score (nSPS) is 11.6. The Hall–Kier alpha value is -1.16. The first-order chi connectivity index (χ1) is 7.39. The van der Waals surface area contributed by atoms with Crippen LogP contribution < -0.4 is 10.5 Å². The number of benzene rings is 1. The minimum absolute atomic E-state index is 0.0660. The molecule has 1 aromatic carbocycles. The zero-order valence-electron chi connectivity index (χ0n) is 9.81. The second kappa shape index (κ2) is 4.78. The molecule has 0 saturated carbocycles. The molecule has 0 radical (unpaired) electrons. The molecule has 0 fully saturated rings. The predicted molar refractivity (Wildman–Crippen MR) is 59.4 cm³/mol. The van der Waals surface area contributed by atoms with Gasteiger partial charge in [-0.2, -0.15) is 0 Å². The first-order valence-electron chi connectivity index (χ1n) is 5.11. The molecule has 90 valence electrons. The average Bonchev–Trinajstić information content (AvgIpc) is 2.23. The minimum atomic E-state index is -0.585. The maximum Gasteiger partial charge on any atom is 0.133 e. The number of halogens is 2. The molecular formula is C12H17F2NO. The van der Waals surface area contributed by atoms with E-state index in [1.54, 1.807) is 0 Å². The topological polar surface area (TPSA) is 35.2 Å². The van der Waals surface area contributed by atoms with Crippen LogP contribution in [0.4, 0.5) is 8.78 Å². The molecule has 0 aromatic heterocycles. The molecule has 0 saturated heterocycles. The minimum Gasteiger partial charge on any atom is -0.497 e. The largest absolute Gasteiger partial charge is 0.497 e. The molecule has 0 bridgehead atoms. The lowest BCUT2D eigenvalue weighted by molar-refractivity contribution is 0.358. The molecule has 1 aromatic rings. The van der Waals surface area contributed by atoms with Crippen molar-refractivity contribution in [1.82, 2.24) is 0 Å². The van der Waals surface area contributed by atoms with Gasteiger partial charge in [0.2, 0.25) is 0 Å². The zero-order valence-corrected chi connectivity index (χ0v) is 9.81. The third-order valence-electron chi connectivity index (χ3n) is 2.56. The Morgan fingerprint density at radius 2 is 1.75 bits per heavy atom. The van der Waals surface area contributed by atoms with Gasteiger partial charge in [-0.1, -0.05) is 13.8 Å². The van der Waals surface area contributed by atoms with Crippen molar-refractivity contribution in [1.29, 1.82) is 0 Å². The molecule has 0 unspecified atom stereocenters. The van der Waals surface area contributed by atoms with Crippen LogP contribution in [0.1, 0.15) is 19.4 Å². The van der Waals surface area contributed by atoms with Crippen molar-refractivity contribution < 1.29 is 13.5 Å². The Kier molecular flexibility index (Phi) is 3.86. The Bertz CT molecular complexity index is 354. The van der Waals surface area contributed by atoms with Crippen LogP contribution in [-0.2, 0) is 6.42 Å². The lowest BCUT2D eigenvalue weighted by Crippen LogP contribution is -2.26. The fourth-order valence-corrected chi connectivity index (χ4v) is 1.42. The van der Waals surface area contributed by atoms with E-state index >= 15 is 0 Å². The monoisotopic (exact) mass is 229 g/mol. The summed E-state index contributed by atoms with van der Waals surface area (Å²) in [5.41, 5.74) is 5.28. The van der Waals surface area contributed by atoms with Crippen LogP contribution in [0.2, 0.25) is 0 Å². The molecule has 0 aliphatic carbocycles.